The molecule has 2 nitrogen and oxygen atoms in total. The van der Waals surface area contributed by atoms with Gasteiger partial charge in [-0.05, 0) is 57.0 Å². The fourth-order valence-corrected chi connectivity index (χ4v) is 4.96. The minimum Gasteiger partial charge on any atom is -0.313 e. The van der Waals surface area contributed by atoms with Crippen LogP contribution in [0.5, 0.6) is 0 Å². The number of hydrogen-bond acceptors (Lipinski definition) is 2. The second-order valence-corrected chi connectivity index (χ2v) is 8.04. The molecule has 0 amide bonds. The van der Waals surface area contributed by atoms with Crippen LogP contribution in [-0.2, 0) is 0 Å². The van der Waals surface area contributed by atoms with Crippen molar-refractivity contribution < 1.29 is 0 Å². The van der Waals surface area contributed by atoms with Crippen molar-refractivity contribution in [1.82, 2.24) is 10.2 Å². The van der Waals surface area contributed by atoms with Gasteiger partial charge in [0.1, 0.15) is 0 Å². The molecule has 0 unspecified atom stereocenters. The van der Waals surface area contributed by atoms with Crippen LogP contribution in [0.2, 0.25) is 0 Å². The standard InChI is InChI=1S/C19H36N2/c1-2-5-9-18(8-4-1)20-14-17-21-15-12-19(13-16-21)10-6-3-7-11-19/h18,20H,1-17H2. The smallest absolute Gasteiger partial charge is 0.0107 e. The van der Waals surface area contributed by atoms with Crippen molar-refractivity contribution in [3.05, 3.63) is 0 Å². The summed E-state index contributed by atoms with van der Waals surface area (Å²) in [6, 6.07) is 0.821. The van der Waals surface area contributed by atoms with Crippen LogP contribution in [0.15, 0.2) is 0 Å². The summed E-state index contributed by atoms with van der Waals surface area (Å²) in [6.07, 6.45) is 19.2. The zero-order valence-electron chi connectivity index (χ0n) is 14.0. The van der Waals surface area contributed by atoms with Gasteiger partial charge < -0.3 is 10.2 Å². The molecular weight excluding hydrogens is 256 g/mol. The number of nitrogens with zero attached hydrogens (tertiary/aromatic N) is 1. The number of nitrogens with one attached hydrogen (secondary N) is 1. The highest BCUT2D eigenvalue weighted by Crippen LogP contribution is 2.44. The van der Waals surface area contributed by atoms with Gasteiger partial charge in [0.25, 0.3) is 0 Å². The first kappa shape index (κ1) is 15.8. The van der Waals surface area contributed by atoms with Gasteiger partial charge in [-0.25, -0.2) is 0 Å². The molecular formula is C19H36N2. The molecule has 0 aromatic carbocycles. The maximum atomic E-state index is 3.84. The Morgan fingerprint density at radius 3 is 2.05 bits per heavy atom. The van der Waals surface area contributed by atoms with Crippen LogP contribution in [-0.4, -0.2) is 37.1 Å². The van der Waals surface area contributed by atoms with Gasteiger partial charge in [-0.2, -0.15) is 0 Å². The molecule has 21 heavy (non-hydrogen) atoms. The quantitative estimate of drug-likeness (QED) is 0.775. The van der Waals surface area contributed by atoms with Crippen molar-refractivity contribution in [3.8, 4) is 0 Å². The zero-order chi connectivity index (χ0) is 14.4. The van der Waals surface area contributed by atoms with Gasteiger partial charge in [-0.1, -0.05) is 44.9 Å². The number of rotatable bonds is 4. The van der Waals surface area contributed by atoms with Gasteiger partial charge in [0.15, 0.2) is 0 Å². The van der Waals surface area contributed by atoms with Crippen LogP contribution in [0.4, 0.5) is 0 Å². The second kappa shape index (κ2) is 7.97. The van der Waals surface area contributed by atoms with Crippen LogP contribution >= 0.6 is 0 Å². The van der Waals surface area contributed by atoms with E-state index in [9.17, 15) is 0 Å². The van der Waals surface area contributed by atoms with Crippen molar-refractivity contribution in [2.45, 2.75) is 89.5 Å². The lowest BCUT2D eigenvalue weighted by Crippen LogP contribution is -2.44. The van der Waals surface area contributed by atoms with E-state index in [1.807, 2.05) is 0 Å². The Balaban J connectivity index is 1.32. The molecule has 1 saturated heterocycles. The highest BCUT2D eigenvalue weighted by molar-refractivity contribution is 4.88. The fraction of sp³-hybridized carbons (Fsp3) is 1.00. The summed E-state index contributed by atoms with van der Waals surface area (Å²) in [7, 11) is 0. The Hall–Kier alpha value is -0.0800. The average molecular weight is 293 g/mol. The molecule has 122 valence electrons. The van der Waals surface area contributed by atoms with Gasteiger partial charge in [0.2, 0.25) is 0 Å². The summed E-state index contributed by atoms with van der Waals surface area (Å²) in [4.78, 5) is 2.73. The van der Waals surface area contributed by atoms with E-state index in [4.69, 9.17) is 0 Å². The largest absolute Gasteiger partial charge is 0.313 e. The predicted octanol–water partition coefficient (Wildman–Crippen LogP) is 4.35. The van der Waals surface area contributed by atoms with Crippen molar-refractivity contribution >= 4 is 0 Å². The van der Waals surface area contributed by atoms with E-state index in [-0.39, 0.29) is 0 Å². The van der Waals surface area contributed by atoms with Crippen LogP contribution in [0, 0.1) is 5.41 Å². The Labute approximate surface area is 132 Å². The first-order chi connectivity index (χ1) is 10.4. The van der Waals surface area contributed by atoms with Crippen molar-refractivity contribution in [1.29, 1.82) is 0 Å². The van der Waals surface area contributed by atoms with Crippen LogP contribution < -0.4 is 5.32 Å². The third-order valence-electron chi connectivity index (χ3n) is 6.55. The van der Waals surface area contributed by atoms with E-state index in [2.05, 4.69) is 10.2 Å². The Morgan fingerprint density at radius 1 is 0.762 bits per heavy atom. The van der Waals surface area contributed by atoms with Gasteiger partial charge >= 0.3 is 0 Å². The van der Waals surface area contributed by atoms with Crippen molar-refractivity contribution in [3.63, 3.8) is 0 Å². The number of hydrogen-bond donors (Lipinski definition) is 1. The molecule has 1 aliphatic heterocycles. The molecule has 3 aliphatic rings. The van der Waals surface area contributed by atoms with Gasteiger partial charge in [-0.15, -0.1) is 0 Å². The molecule has 2 saturated carbocycles. The lowest BCUT2D eigenvalue weighted by Gasteiger charge is -2.44. The lowest BCUT2D eigenvalue weighted by molar-refractivity contribution is 0.0679. The van der Waals surface area contributed by atoms with E-state index in [1.54, 1.807) is 0 Å². The Kier molecular flexibility index (Phi) is 5.99. The summed E-state index contributed by atoms with van der Waals surface area (Å²) >= 11 is 0. The SMILES string of the molecule is C1CCCC(NCCN2CCC3(CCCCC3)CC2)CC1. The van der Waals surface area contributed by atoms with Crippen LogP contribution in [0.3, 0.4) is 0 Å². The Morgan fingerprint density at radius 2 is 1.38 bits per heavy atom. The molecule has 2 heteroatoms. The maximum Gasteiger partial charge on any atom is 0.0107 e. The molecule has 1 heterocycles. The third kappa shape index (κ3) is 4.69. The average Bonchev–Trinajstić information content (AvgIpc) is 2.79. The molecule has 2 aliphatic carbocycles. The summed E-state index contributed by atoms with van der Waals surface area (Å²) < 4.78 is 0. The van der Waals surface area contributed by atoms with E-state index in [0.717, 1.165) is 11.5 Å². The van der Waals surface area contributed by atoms with E-state index in [1.165, 1.54) is 110 Å². The fourth-order valence-electron chi connectivity index (χ4n) is 4.96. The highest BCUT2D eigenvalue weighted by Gasteiger charge is 2.35. The molecule has 0 atom stereocenters. The number of likely N-dealkylation sites (tertiary alicyclic amines) is 1. The van der Waals surface area contributed by atoms with E-state index in [0.29, 0.717) is 0 Å². The molecule has 3 rings (SSSR count). The van der Waals surface area contributed by atoms with Crippen molar-refractivity contribution in [2.24, 2.45) is 5.41 Å². The topological polar surface area (TPSA) is 15.3 Å². The van der Waals surface area contributed by atoms with Crippen LogP contribution in [0.25, 0.3) is 0 Å². The summed E-state index contributed by atoms with van der Waals surface area (Å²) in [6.45, 7) is 5.24. The normalized spacial score (nSPS) is 28.6. The molecule has 0 bridgehead atoms. The molecule has 0 aromatic rings. The minimum absolute atomic E-state index is 0.767. The van der Waals surface area contributed by atoms with Gasteiger partial charge in [0, 0.05) is 19.1 Å². The monoisotopic (exact) mass is 292 g/mol. The first-order valence-electron chi connectivity index (χ1n) is 9.82. The van der Waals surface area contributed by atoms with Crippen LogP contribution in [0.1, 0.15) is 83.5 Å². The van der Waals surface area contributed by atoms with Crippen molar-refractivity contribution in [2.75, 3.05) is 26.2 Å². The number of piperidine rings is 1. The first-order valence-corrected chi connectivity index (χ1v) is 9.82. The lowest BCUT2D eigenvalue weighted by atomic mass is 9.68. The highest BCUT2D eigenvalue weighted by atomic mass is 15.1. The van der Waals surface area contributed by atoms with E-state index >= 15 is 0 Å². The summed E-state index contributed by atoms with van der Waals surface area (Å²) in [5.74, 6) is 0. The van der Waals surface area contributed by atoms with Gasteiger partial charge in [0.05, 0.1) is 0 Å². The summed E-state index contributed by atoms with van der Waals surface area (Å²) in [5.41, 5.74) is 0.767. The van der Waals surface area contributed by atoms with E-state index < -0.39 is 0 Å². The summed E-state index contributed by atoms with van der Waals surface area (Å²) in [5, 5.41) is 3.84. The minimum atomic E-state index is 0.767. The molecule has 3 fully saturated rings. The zero-order valence-corrected chi connectivity index (χ0v) is 14.0. The third-order valence-corrected chi connectivity index (χ3v) is 6.55. The molecule has 0 radical (unpaired) electrons. The molecule has 1 spiro atoms. The molecule has 1 N–H and O–H groups in total. The maximum absolute atomic E-state index is 3.84. The second-order valence-electron chi connectivity index (χ2n) is 8.04. The van der Waals surface area contributed by atoms with Gasteiger partial charge in [-0.3, -0.25) is 0 Å². The Bertz CT molecular complexity index is 278. The molecule has 0 aromatic heterocycles. The predicted molar refractivity (Wildman–Crippen MR) is 90.7 cm³/mol.